The molecule has 76 heavy (non-hydrogen) atoms. The number of ether oxygens (including phenoxy) is 2. The summed E-state index contributed by atoms with van der Waals surface area (Å²) in [6.45, 7) is 47.4. The number of rotatable bonds is 16. The van der Waals surface area contributed by atoms with Crippen LogP contribution in [0.1, 0.15) is 130 Å². The maximum Gasteiger partial charge on any atom is 0.338 e. The van der Waals surface area contributed by atoms with E-state index in [0.29, 0.717) is 56.9 Å². The summed E-state index contributed by atoms with van der Waals surface area (Å²) in [6, 6.07) is 23.1. The number of hydrogen-bond acceptors (Lipinski definition) is 11. The van der Waals surface area contributed by atoms with Gasteiger partial charge in [0, 0.05) is 56.9 Å². The predicted molar refractivity (Wildman–Crippen MR) is 313 cm³/mol. The lowest BCUT2D eigenvalue weighted by atomic mass is 10.1. The molecule has 0 saturated carbocycles. The number of carbonyl (C=O) groups excluding carboxylic acids is 4. The molecule has 420 valence electrons. The number of hydrogen-bond donors (Lipinski definition) is 0. The fourth-order valence-corrected chi connectivity index (χ4v) is 14.1. The first-order valence-electron chi connectivity index (χ1n) is 27.5. The van der Waals surface area contributed by atoms with Gasteiger partial charge in [0.15, 0.2) is 45.5 Å². The number of nitrogens with zero attached hydrogens (tertiary/aromatic N) is 3. The van der Waals surface area contributed by atoms with Crippen molar-refractivity contribution in [1.82, 2.24) is 14.7 Å². The minimum absolute atomic E-state index is 0.0153. The van der Waals surface area contributed by atoms with E-state index in [-0.39, 0.29) is 67.5 Å². The Kier molecular flexibility index (Phi) is 18.4. The molecule has 3 aromatic rings. The largest absolute Gasteiger partial charge is 0.453 e. The van der Waals surface area contributed by atoms with Crippen LogP contribution < -0.4 is 0 Å². The summed E-state index contributed by atoms with van der Waals surface area (Å²) in [7, 11) is -8.81. The predicted octanol–water partition coefficient (Wildman–Crippen LogP) is 12.4. The molecular weight excluding hydrogens is 1020 g/mol. The van der Waals surface area contributed by atoms with Gasteiger partial charge in [0.05, 0.1) is 35.5 Å². The van der Waals surface area contributed by atoms with E-state index in [1.165, 1.54) is 0 Å². The normalized spacial score (nSPS) is 22.5. The van der Waals surface area contributed by atoms with Crippen LogP contribution in [0.2, 0.25) is 72.5 Å². The summed E-state index contributed by atoms with van der Waals surface area (Å²) >= 11 is 0. The Morgan fingerprint density at radius 3 is 0.921 bits per heavy atom. The van der Waals surface area contributed by atoms with E-state index in [9.17, 15) is 19.2 Å². The van der Waals surface area contributed by atoms with Crippen LogP contribution in [0, 0.1) is 0 Å². The van der Waals surface area contributed by atoms with Crippen LogP contribution in [0.4, 0.5) is 0 Å². The zero-order chi connectivity index (χ0) is 56.8. The zero-order valence-corrected chi connectivity index (χ0v) is 53.8. The molecule has 3 heterocycles. The third kappa shape index (κ3) is 14.5. The van der Waals surface area contributed by atoms with E-state index in [2.05, 4.69) is 140 Å². The quantitative estimate of drug-likeness (QED) is 0.100. The van der Waals surface area contributed by atoms with Crippen LogP contribution in [-0.4, -0.2) is 148 Å². The van der Waals surface area contributed by atoms with Crippen molar-refractivity contribution in [2.75, 3.05) is 39.3 Å². The summed E-state index contributed by atoms with van der Waals surface area (Å²) in [4.78, 5) is 62.0. The Hall–Kier alpha value is -3.79. The van der Waals surface area contributed by atoms with Gasteiger partial charge < -0.3 is 37.0 Å². The van der Waals surface area contributed by atoms with Gasteiger partial charge in [0.25, 0.3) is 11.8 Å². The van der Waals surface area contributed by atoms with Crippen molar-refractivity contribution >= 4 is 57.0 Å². The minimum atomic E-state index is -2.20. The van der Waals surface area contributed by atoms with Gasteiger partial charge in [-0.25, -0.2) is 9.59 Å². The highest BCUT2D eigenvalue weighted by molar-refractivity contribution is 6.75. The zero-order valence-electron chi connectivity index (χ0n) is 49.8. The molecule has 3 saturated heterocycles. The van der Waals surface area contributed by atoms with E-state index in [1.807, 2.05) is 40.1 Å². The standard InChI is InChI=1S/C59H93N3O10Si4/c1-56(2,3)73(13,14)69-48-37-61(38-49(48)70-74(15,16)57(4,5)6)52(63)42-26-30-44(31-27-42)54(65)67-46-35-60(34-41-24-22-21-23-25-41)36-47(46)68-55(66)45-32-28-43(29-33-45)53(64)62-39-50(71-75(17,18)58(7,8)9)51(40-62)72-76(19,20)59(10,11)12/h21-33,46-51H,34-40H2,1-20H3/t46-,47-,48-,49-,50-,51-/m0/s1. The summed E-state index contributed by atoms with van der Waals surface area (Å²) < 4.78 is 40.2. The second kappa shape index (κ2) is 22.8. The van der Waals surface area contributed by atoms with Crippen molar-refractivity contribution in [3.05, 3.63) is 107 Å². The number of likely N-dealkylation sites (tertiary alicyclic amines) is 3. The van der Waals surface area contributed by atoms with Crippen LogP contribution in [-0.2, 0) is 33.7 Å². The molecule has 0 aliphatic carbocycles. The lowest BCUT2D eigenvalue weighted by Gasteiger charge is -2.42. The first kappa shape index (κ1) is 61.4. The van der Waals surface area contributed by atoms with Crippen LogP contribution in [0.25, 0.3) is 0 Å². The van der Waals surface area contributed by atoms with Gasteiger partial charge in [0.2, 0.25) is 0 Å². The summed E-state index contributed by atoms with van der Waals surface area (Å²) in [6.07, 6.45) is -2.57. The molecule has 2 amide bonds. The maximum atomic E-state index is 14.2. The molecule has 13 nitrogen and oxygen atoms in total. The topological polar surface area (TPSA) is 133 Å². The molecule has 3 aliphatic rings. The summed E-state index contributed by atoms with van der Waals surface area (Å²) in [5.41, 5.74) is 2.52. The van der Waals surface area contributed by atoms with Crippen molar-refractivity contribution in [3.63, 3.8) is 0 Å². The summed E-state index contributed by atoms with van der Waals surface area (Å²) in [5.74, 6) is -1.48. The first-order chi connectivity index (χ1) is 34.8. The van der Waals surface area contributed by atoms with E-state index in [4.69, 9.17) is 27.2 Å². The van der Waals surface area contributed by atoms with Gasteiger partial charge in [-0.15, -0.1) is 0 Å². The monoisotopic (exact) mass is 1120 g/mol. The Labute approximate surface area is 460 Å². The Morgan fingerprint density at radius 1 is 0.395 bits per heavy atom. The second-order valence-corrected chi connectivity index (χ2v) is 46.8. The van der Waals surface area contributed by atoms with E-state index in [1.54, 1.807) is 48.5 Å². The number of carbonyl (C=O) groups is 4. The molecule has 0 radical (unpaired) electrons. The molecule has 0 bridgehead atoms. The van der Waals surface area contributed by atoms with Crippen molar-refractivity contribution in [3.8, 4) is 0 Å². The van der Waals surface area contributed by atoms with Crippen LogP contribution in [0.15, 0.2) is 78.9 Å². The minimum Gasteiger partial charge on any atom is -0.453 e. The first-order valence-corrected chi connectivity index (χ1v) is 39.1. The molecular formula is C59H93N3O10Si4. The molecule has 0 spiro atoms. The van der Waals surface area contributed by atoms with Crippen LogP contribution in [0.5, 0.6) is 0 Å². The Balaban J connectivity index is 1.14. The Morgan fingerprint density at radius 2 is 0.658 bits per heavy atom. The van der Waals surface area contributed by atoms with E-state index < -0.39 is 57.4 Å². The SMILES string of the molecule is CC(C)(C)[Si](C)(C)O[C@H]1CN(C(=O)c2ccc(C(=O)O[C@H]3CN(Cc4ccccc4)C[C@@H]3OC(=O)c3ccc(C(=O)N4C[C@H](O[Si](C)(C)C(C)(C)C)[C@@H](O[Si](C)(C)C(C)(C)C)C4)cc3)cc2)C[C@@H]1O[Si](C)(C)C(C)(C)C. The second-order valence-electron chi connectivity index (χ2n) is 27.8. The van der Waals surface area contributed by atoms with Crippen molar-refractivity contribution < 1.29 is 46.4 Å². The lowest BCUT2D eigenvalue weighted by molar-refractivity contribution is -0.0176. The molecule has 0 unspecified atom stereocenters. The molecule has 6 rings (SSSR count). The molecule has 3 fully saturated rings. The summed E-state index contributed by atoms with van der Waals surface area (Å²) in [5, 5.41) is -0.0612. The highest BCUT2D eigenvalue weighted by Crippen LogP contribution is 2.44. The van der Waals surface area contributed by atoms with Crippen molar-refractivity contribution in [2.24, 2.45) is 0 Å². The third-order valence-corrected chi connectivity index (χ3v) is 35.8. The number of amides is 2. The number of esters is 2. The highest BCUT2D eigenvalue weighted by atomic mass is 28.4. The fraction of sp³-hybridized carbons (Fsp3) is 0.627. The van der Waals surface area contributed by atoms with Gasteiger partial charge in [-0.05, 0) is 127 Å². The lowest BCUT2D eigenvalue weighted by Crippen LogP contribution is -2.51. The average molecular weight is 1120 g/mol. The van der Waals surface area contributed by atoms with Gasteiger partial charge >= 0.3 is 11.9 Å². The van der Waals surface area contributed by atoms with Crippen molar-refractivity contribution in [2.45, 2.75) is 199 Å². The molecule has 6 atom stereocenters. The number of benzene rings is 3. The highest BCUT2D eigenvalue weighted by Gasteiger charge is 2.51. The molecule has 3 aliphatic heterocycles. The fourth-order valence-electron chi connectivity index (χ4n) is 8.78. The van der Waals surface area contributed by atoms with Gasteiger partial charge in [-0.3, -0.25) is 14.5 Å². The molecule has 3 aromatic carbocycles. The Bertz CT molecular complexity index is 2290. The molecule has 0 N–H and O–H groups in total. The van der Waals surface area contributed by atoms with Gasteiger partial charge in [-0.1, -0.05) is 113 Å². The maximum absolute atomic E-state index is 14.2. The molecule has 0 aromatic heterocycles. The van der Waals surface area contributed by atoms with E-state index in [0.717, 1.165) is 5.56 Å². The van der Waals surface area contributed by atoms with Crippen LogP contribution in [0.3, 0.4) is 0 Å². The third-order valence-electron chi connectivity index (χ3n) is 17.8. The smallest absolute Gasteiger partial charge is 0.338 e. The van der Waals surface area contributed by atoms with Crippen molar-refractivity contribution in [1.29, 1.82) is 0 Å². The molecule has 17 heteroatoms. The van der Waals surface area contributed by atoms with Gasteiger partial charge in [-0.2, -0.15) is 0 Å². The van der Waals surface area contributed by atoms with E-state index >= 15 is 0 Å². The van der Waals surface area contributed by atoms with Gasteiger partial charge in [0.1, 0.15) is 0 Å². The van der Waals surface area contributed by atoms with Crippen LogP contribution >= 0.6 is 0 Å². The average Bonchev–Trinajstić information content (AvgIpc) is 3.99.